The van der Waals surface area contributed by atoms with Crippen LogP contribution >= 0.6 is 11.8 Å². The lowest BCUT2D eigenvalue weighted by atomic mass is 10.1. The molecule has 2 heterocycles. The van der Waals surface area contributed by atoms with E-state index in [9.17, 15) is 0 Å². The number of nitrogens with zero attached hydrogens (tertiary/aromatic N) is 1. The molecule has 0 bridgehead atoms. The van der Waals surface area contributed by atoms with Crippen molar-refractivity contribution in [2.75, 3.05) is 12.3 Å². The molecule has 1 aliphatic rings. The van der Waals surface area contributed by atoms with Gasteiger partial charge in [0.15, 0.2) is 0 Å². The molecule has 19 heavy (non-hydrogen) atoms. The molecule has 100 valence electrons. The van der Waals surface area contributed by atoms with Gasteiger partial charge in [0.2, 0.25) is 0 Å². The van der Waals surface area contributed by atoms with Gasteiger partial charge in [0.1, 0.15) is 0 Å². The average Bonchev–Trinajstić information content (AvgIpc) is 2.49. The molecule has 0 amide bonds. The maximum atomic E-state index is 4.18. The molecule has 0 aliphatic carbocycles. The Morgan fingerprint density at radius 3 is 3.16 bits per heavy atom. The molecule has 3 rings (SSSR count). The van der Waals surface area contributed by atoms with Crippen LogP contribution in [0.25, 0.3) is 10.8 Å². The van der Waals surface area contributed by atoms with E-state index in [4.69, 9.17) is 0 Å². The number of nitrogens with one attached hydrogen (secondary N) is 1. The smallest absolute Gasteiger partial charge is 0.0346 e. The molecule has 0 saturated carbocycles. The van der Waals surface area contributed by atoms with Crippen LogP contribution in [-0.4, -0.2) is 22.5 Å². The highest BCUT2D eigenvalue weighted by molar-refractivity contribution is 7.99. The topological polar surface area (TPSA) is 24.9 Å². The van der Waals surface area contributed by atoms with Gasteiger partial charge >= 0.3 is 0 Å². The highest BCUT2D eigenvalue weighted by Crippen LogP contribution is 2.24. The highest BCUT2D eigenvalue weighted by atomic mass is 32.2. The van der Waals surface area contributed by atoms with Crippen molar-refractivity contribution in [3.63, 3.8) is 0 Å². The van der Waals surface area contributed by atoms with E-state index in [1.165, 1.54) is 41.4 Å². The lowest BCUT2D eigenvalue weighted by molar-refractivity contribution is 0.599. The maximum Gasteiger partial charge on any atom is 0.0346 e. The number of thioether (sulfide) groups is 1. The van der Waals surface area contributed by atoms with Gasteiger partial charge < -0.3 is 5.32 Å². The Kier molecular flexibility index (Phi) is 4.36. The van der Waals surface area contributed by atoms with E-state index in [1.807, 2.05) is 12.4 Å². The van der Waals surface area contributed by atoms with Crippen LogP contribution in [0.2, 0.25) is 0 Å². The molecule has 1 atom stereocenters. The molecule has 1 fully saturated rings. The van der Waals surface area contributed by atoms with Crippen molar-refractivity contribution in [1.29, 1.82) is 0 Å². The minimum Gasteiger partial charge on any atom is -0.312 e. The molecule has 0 spiro atoms. The van der Waals surface area contributed by atoms with Crippen molar-refractivity contribution in [3.05, 3.63) is 42.2 Å². The first kappa shape index (κ1) is 12.9. The number of benzene rings is 1. The Morgan fingerprint density at radius 2 is 2.26 bits per heavy atom. The van der Waals surface area contributed by atoms with Gasteiger partial charge in [-0.3, -0.25) is 4.98 Å². The molecule has 1 saturated heterocycles. The molecule has 3 heteroatoms. The zero-order chi connectivity index (χ0) is 12.9. The summed E-state index contributed by atoms with van der Waals surface area (Å²) in [5.74, 6) is 1.34. The normalized spacial score (nSPS) is 19.7. The molecular formula is C16H20N2S. The third kappa shape index (κ3) is 3.28. The van der Waals surface area contributed by atoms with Crippen LogP contribution in [0.1, 0.15) is 24.8 Å². The van der Waals surface area contributed by atoms with Crippen molar-refractivity contribution in [3.8, 4) is 0 Å². The van der Waals surface area contributed by atoms with Gasteiger partial charge in [0.05, 0.1) is 0 Å². The molecule has 1 aliphatic heterocycles. The minimum absolute atomic E-state index is 0.811. The summed E-state index contributed by atoms with van der Waals surface area (Å²) in [5, 5.41) is 6.98. The Bertz CT molecular complexity index is 530. The fourth-order valence-corrected chi connectivity index (χ4v) is 3.95. The predicted molar refractivity (Wildman–Crippen MR) is 83.5 cm³/mol. The summed E-state index contributed by atoms with van der Waals surface area (Å²) >= 11 is 2.13. The Hall–Kier alpha value is -1.06. The quantitative estimate of drug-likeness (QED) is 0.920. The van der Waals surface area contributed by atoms with E-state index in [0.29, 0.717) is 0 Å². The molecule has 1 unspecified atom stereocenters. The number of fused-ring (bicyclic) bond motifs is 1. The van der Waals surface area contributed by atoms with Gasteiger partial charge in [-0.1, -0.05) is 24.6 Å². The second-order valence-corrected chi connectivity index (χ2v) is 6.54. The third-order valence-electron chi connectivity index (χ3n) is 3.73. The van der Waals surface area contributed by atoms with Crippen LogP contribution in [0.5, 0.6) is 0 Å². The molecule has 1 N–H and O–H groups in total. The van der Waals surface area contributed by atoms with E-state index in [0.717, 1.165) is 18.3 Å². The van der Waals surface area contributed by atoms with Crippen molar-refractivity contribution < 1.29 is 0 Å². The Balaban J connectivity index is 1.62. The molecule has 0 radical (unpaired) electrons. The first-order chi connectivity index (χ1) is 9.43. The summed E-state index contributed by atoms with van der Waals surface area (Å²) < 4.78 is 0. The Labute approximate surface area is 119 Å². The largest absolute Gasteiger partial charge is 0.312 e. The van der Waals surface area contributed by atoms with Crippen LogP contribution in [0.3, 0.4) is 0 Å². The number of hydrogen-bond acceptors (Lipinski definition) is 3. The van der Waals surface area contributed by atoms with E-state index in [2.05, 4.69) is 46.3 Å². The average molecular weight is 272 g/mol. The number of hydrogen-bond donors (Lipinski definition) is 1. The predicted octanol–water partition coefficient (Wildman–Crippen LogP) is 3.61. The Morgan fingerprint density at radius 1 is 1.26 bits per heavy atom. The highest BCUT2D eigenvalue weighted by Gasteiger charge is 2.13. The molecule has 1 aromatic heterocycles. The van der Waals surface area contributed by atoms with Crippen molar-refractivity contribution in [2.45, 2.75) is 31.1 Å². The SMILES string of the molecule is c1cc(CNCC2CCCCS2)c2ccncc2c1. The maximum absolute atomic E-state index is 4.18. The molecular weight excluding hydrogens is 252 g/mol. The lowest BCUT2D eigenvalue weighted by Crippen LogP contribution is -2.26. The van der Waals surface area contributed by atoms with Crippen LogP contribution in [-0.2, 0) is 6.54 Å². The summed E-state index contributed by atoms with van der Waals surface area (Å²) in [6, 6.07) is 8.57. The van der Waals surface area contributed by atoms with E-state index >= 15 is 0 Å². The zero-order valence-corrected chi connectivity index (χ0v) is 12.0. The van der Waals surface area contributed by atoms with Gasteiger partial charge in [0, 0.05) is 36.1 Å². The first-order valence-electron chi connectivity index (χ1n) is 7.07. The van der Waals surface area contributed by atoms with E-state index in [-0.39, 0.29) is 0 Å². The second kappa shape index (κ2) is 6.40. The number of pyridine rings is 1. The molecule has 2 aromatic rings. The van der Waals surface area contributed by atoms with Crippen LogP contribution < -0.4 is 5.32 Å². The monoisotopic (exact) mass is 272 g/mol. The molecule has 2 nitrogen and oxygen atoms in total. The lowest BCUT2D eigenvalue weighted by Gasteiger charge is -2.21. The molecule has 1 aromatic carbocycles. The van der Waals surface area contributed by atoms with Gasteiger partial charge in [-0.05, 0) is 35.6 Å². The van der Waals surface area contributed by atoms with Gasteiger partial charge in [0.25, 0.3) is 0 Å². The summed E-state index contributed by atoms with van der Waals surface area (Å²) in [5.41, 5.74) is 1.38. The van der Waals surface area contributed by atoms with Gasteiger partial charge in [-0.25, -0.2) is 0 Å². The summed E-state index contributed by atoms with van der Waals surface area (Å²) in [4.78, 5) is 4.18. The van der Waals surface area contributed by atoms with Crippen molar-refractivity contribution in [2.24, 2.45) is 0 Å². The fraction of sp³-hybridized carbons (Fsp3) is 0.438. The third-order valence-corrected chi connectivity index (χ3v) is 5.13. The van der Waals surface area contributed by atoms with Crippen LogP contribution in [0.4, 0.5) is 0 Å². The summed E-state index contributed by atoms with van der Waals surface area (Å²) in [6.45, 7) is 2.09. The summed E-state index contributed by atoms with van der Waals surface area (Å²) in [7, 11) is 0. The van der Waals surface area contributed by atoms with Crippen molar-refractivity contribution in [1.82, 2.24) is 10.3 Å². The minimum atomic E-state index is 0.811. The fourth-order valence-electron chi connectivity index (χ4n) is 2.68. The van der Waals surface area contributed by atoms with Crippen molar-refractivity contribution >= 4 is 22.5 Å². The van der Waals surface area contributed by atoms with Crippen LogP contribution in [0.15, 0.2) is 36.7 Å². The van der Waals surface area contributed by atoms with E-state index in [1.54, 1.807) is 0 Å². The standard InChI is InChI=1S/C16H20N2S/c1-2-9-19-15(6-1)12-18-11-14-5-3-4-13-10-17-8-7-16(13)14/h3-5,7-8,10,15,18H,1-2,6,9,11-12H2. The number of rotatable bonds is 4. The second-order valence-electron chi connectivity index (χ2n) is 5.13. The van der Waals surface area contributed by atoms with Gasteiger partial charge in [-0.2, -0.15) is 11.8 Å². The van der Waals surface area contributed by atoms with Crippen LogP contribution in [0, 0.1) is 0 Å². The summed E-state index contributed by atoms with van der Waals surface area (Å²) in [6.07, 6.45) is 7.99. The van der Waals surface area contributed by atoms with E-state index < -0.39 is 0 Å². The zero-order valence-electron chi connectivity index (χ0n) is 11.1. The van der Waals surface area contributed by atoms with Gasteiger partial charge in [-0.15, -0.1) is 0 Å². The first-order valence-corrected chi connectivity index (χ1v) is 8.12. The number of aromatic nitrogens is 1.